The van der Waals surface area contributed by atoms with Crippen molar-refractivity contribution in [2.24, 2.45) is 5.92 Å². The molecule has 1 fully saturated rings. The van der Waals surface area contributed by atoms with Crippen molar-refractivity contribution in [3.8, 4) is 0 Å². The van der Waals surface area contributed by atoms with Crippen LogP contribution in [0.4, 0.5) is 8.78 Å². The fraction of sp³-hybridized carbons (Fsp3) is 0.467. The Labute approximate surface area is 136 Å². The Hall–Kier alpha value is -2.58. The van der Waals surface area contributed by atoms with Gasteiger partial charge in [-0.2, -0.15) is 5.10 Å². The number of nitrogens with zero attached hydrogens (tertiary/aromatic N) is 4. The lowest BCUT2D eigenvalue weighted by Crippen LogP contribution is -2.33. The van der Waals surface area contributed by atoms with E-state index >= 15 is 0 Å². The summed E-state index contributed by atoms with van der Waals surface area (Å²) in [6, 6.07) is 1.25. The van der Waals surface area contributed by atoms with Crippen LogP contribution in [0.2, 0.25) is 0 Å². The Kier molecular flexibility index (Phi) is 4.16. The molecule has 2 amide bonds. The van der Waals surface area contributed by atoms with Crippen LogP contribution in [-0.2, 0) is 4.79 Å². The van der Waals surface area contributed by atoms with E-state index in [-0.39, 0.29) is 34.6 Å². The van der Waals surface area contributed by atoms with E-state index in [1.165, 1.54) is 17.2 Å². The zero-order valence-electron chi connectivity index (χ0n) is 13.3. The van der Waals surface area contributed by atoms with Crippen molar-refractivity contribution in [3.63, 3.8) is 0 Å². The molecule has 128 valence electrons. The average Bonchev–Trinajstić information content (AvgIpc) is 3.19. The van der Waals surface area contributed by atoms with E-state index in [0.717, 1.165) is 4.52 Å². The summed E-state index contributed by atoms with van der Waals surface area (Å²) in [5, 5.41) is 6.46. The molecule has 1 aliphatic rings. The Morgan fingerprint density at radius 1 is 1.42 bits per heavy atom. The molecule has 1 saturated heterocycles. The fourth-order valence-corrected chi connectivity index (χ4v) is 2.95. The summed E-state index contributed by atoms with van der Waals surface area (Å²) in [5.41, 5.74) is 0.357. The molecule has 0 bridgehead atoms. The van der Waals surface area contributed by atoms with Gasteiger partial charge in [0.15, 0.2) is 5.65 Å². The highest BCUT2D eigenvalue weighted by molar-refractivity contribution is 6.00. The summed E-state index contributed by atoms with van der Waals surface area (Å²) in [7, 11) is 1.55. The minimum absolute atomic E-state index is 0.110. The van der Waals surface area contributed by atoms with E-state index in [1.807, 2.05) is 0 Å². The first-order chi connectivity index (χ1) is 11.4. The first-order valence-corrected chi connectivity index (χ1v) is 7.56. The lowest BCUT2D eigenvalue weighted by atomic mass is 10.1. The molecule has 3 rings (SSSR count). The Balaban J connectivity index is 1.93. The number of nitrogens with one attached hydrogen (secondary N) is 1. The summed E-state index contributed by atoms with van der Waals surface area (Å²) in [6.45, 7) is 2.32. The van der Waals surface area contributed by atoms with E-state index in [4.69, 9.17) is 0 Å². The van der Waals surface area contributed by atoms with Crippen LogP contribution in [0.25, 0.3) is 5.65 Å². The third-order valence-corrected chi connectivity index (χ3v) is 4.17. The van der Waals surface area contributed by atoms with E-state index in [1.54, 1.807) is 14.0 Å². The number of halogens is 2. The van der Waals surface area contributed by atoms with Crippen LogP contribution in [-0.4, -0.2) is 51.4 Å². The number of rotatable bonds is 3. The van der Waals surface area contributed by atoms with Gasteiger partial charge in [0.2, 0.25) is 5.91 Å². The Bertz CT molecular complexity index is 805. The summed E-state index contributed by atoms with van der Waals surface area (Å²) in [4.78, 5) is 30.1. The molecule has 0 saturated carbocycles. The number of aromatic nitrogens is 3. The number of amides is 2. The molecule has 2 aromatic heterocycles. The Morgan fingerprint density at radius 2 is 2.17 bits per heavy atom. The third-order valence-electron chi connectivity index (χ3n) is 4.17. The van der Waals surface area contributed by atoms with Gasteiger partial charge < -0.3 is 10.2 Å². The zero-order chi connectivity index (χ0) is 17.4. The number of aryl methyl sites for hydroxylation is 1. The largest absolute Gasteiger partial charge is 0.359 e. The SMILES string of the molecule is CNC(=O)C1CCN(C(=O)c2cnn3c(C(F)F)cc(C)nc23)C1. The van der Waals surface area contributed by atoms with Crippen LogP contribution >= 0.6 is 0 Å². The monoisotopic (exact) mass is 337 g/mol. The van der Waals surface area contributed by atoms with E-state index in [0.29, 0.717) is 25.2 Å². The lowest BCUT2D eigenvalue weighted by Gasteiger charge is -2.15. The molecule has 9 heteroatoms. The van der Waals surface area contributed by atoms with Gasteiger partial charge in [0, 0.05) is 25.8 Å². The number of likely N-dealkylation sites (tertiary alicyclic amines) is 1. The molecule has 1 N–H and O–H groups in total. The van der Waals surface area contributed by atoms with Gasteiger partial charge in [-0.15, -0.1) is 0 Å². The molecular weight excluding hydrogens is 320 g/mol. The zero-order valence-corrected chi connectivity index (χ0v) is 13.3. The van der Waals surface area contributed by atoms with Crippen molar-refractivity contribution >= 4 is 17.5 Å². The van der Waals surface area contributed by atoms with E-state index in [9.17, 15) is 18.4 Å². The van der Waals surface area contributed by atoms with Crippen LogP contribution in [0.5, 0.6) is 0 Å². The molecule has 1 atom stereocenters. The second-order valence-electron chi connectivity index (χ2n) is 5.77. The van der Waals surface area contributed by atoms with Crippen LogP contribution in [0.15, 0.2) is 12.3 Å². The van der Waals surface area contributed by atoms with Crippen molar-refractivity contribution in [3.05, 3.63) is 29.2 Å². The van der Waals surface area contributed by atoms with E-state index < -0.39 is 6.43 Å². The highest BCUT2D eigenvalue weighted by Crippen LogP contribution is 2.24. The first-order valence-electron chi connectivity index (χ1n) is 7.56. The van der Waals surface area contributed by atoms with Crippen LogP contribution < -0.4 is 5.32 Å². The maximum absolute atomic E-state index is 13.1. The molecule has 24 heavy (non-hydrogen) atoms. The van der Waals surface area contributed by atoms with Crippen LogP contribution in [0.1, 0.15) is 34.6 Å². The van der Waals surface area contributed by atoms with Gasteiger partial charge in [-0.3, -0.25) is 9.59 Å². The standard InChI is InChI=1S/C15H17F2N5O2/c1-8-5-11(12(16)17)22-13(20-8)10(6-19-22)15(24)21-4-3-9(7-21)14(23)18-2/h5-6,9,12H,3-4,7H2,1-2H3,(H,18,23). The van der Waals surface area contributed by atoms with Crippen molar-refractivity contribution in [2.75, 3.05) is 20.1 Å². The molecule has 0 aliphatic carbocycles. The molecule has 1 aliphatic heterocycles. The summed E-state index contributed by atoms with van der Waals surface area (Å²) < 4.78 is 27.3. The number of alkyl halides is 2. The van der Waals surface area contributed by atoms with Crippen molar-refractivity contribution in [1.82, 2.24) is 24.8 Å². The topological polar surface area (TPSA) is 79.6 Å². The fourth-order valence-electron chi connectivity index (χ4n) is 2.95. The molecular formula is C15H17F2N5O2. The van der Waals surface area contributed by atoms with Crippen molar-refractivity contribution in [1.29, 1.82) is 0 Å². The van der Waals surface area contributed by atoms with Crippen molar-refractivity contribution in [2.45, 2.75) is 19.8 Å². The van der Waals surface area contributed by atoms with Gasteiger partial charge in [-0.05, 0) is 19.4 Å². The third kappa shape index (κ3) is 2.70. The molecule has 0 radical (unpaired) electrons. The van der Waals surface area contributed by atoms with E-state index in [2.05, 4.69) is 15.4 Å². The minimum Gasteiger partial charge on any atom is -0.359 e. The number of carbonyl (C=O) groups is 2. The van der Waals surface area contributed by atoms with Gasteiger partial charge in [-0.25, -0.2) is 18.3 Å². The summed E-state index contributed by atoms with van der Waals surface area (Å²) in [6.07, 6.45) is -0.899. The normalized spacial score (nSPS) is 17.7. The quantitative estimate of drug-likeness (QED) is 0.912. The van der Waals surface area contributed by atoms with Gasteiger partial charge in [0.05, 0.1) is 12.1 Å². The molecule has 7 nitrogen and oxygen atoms in total. The predicted molar refractivity (Wildman–Crippen MR) is 80.8 cm³/mol. The van der Waals surface area contributed by atoms with Gasteiger partial charge in [0.1, 0.15) is 11.3 Å². The molecule has 0 aromatic carbocycles. The maximum atomic E-state index is 13.1. The number of hydrogen-bond acceptors (Lipinski definition) is 4. The van der Waals surface area contributed by atoms with Crippen LogP contribution in [0, 0.1) is 12.8 Å². The van der Waals surface area contributed by atoms with Crippen molar-refractivity contribution < 1.29 is 18.4 Å². The molecule has 2 aromatic rings. The number of carbonyl (C=O) groups excluding carboxylic acids is 2. The summed E-state index contributed by atoms with van der Waals surface area (Å²) >= 11 is 0. The van der Waals surface area contributed by atoms with Gasteiger partial charge >= 0.3 is 0 Å². The Morgan fingerprint density at radius 3 is 2.83 bits per heavy atom. The summed E-state index contributed by atoms with van der Waals surface area (Å²) in [5.74, 6) is -0.721. The first kappa shape index (κ1) is 16.3. The minimum atomic E-state index is -2.72. The maximum Gasteiger partial charge on any atom is 0.280 e. The molecule has 3 heterocycles. The molecule has 0 spiro atoms. The predicted octanol–water partition coefficient (Wildman–Crippen LogP) is 1.18. The smallest absolute Gasteiger partial charge is 0.280 e. The molecule has 1 unspecified atom stereocenters. The second-order valence-corrected chi connectivity index (χ2v) is 5.77. The highest BCUT2D eigenvalue weighted by Gasteiger charge is 2.32. The highest BCUT2D eigenvalue weighted by atomic mass is 19.3. The van der Waals surface area contributed by atoms with Crippen LogP contribution in [0.3, 0.4) is 0 Å². The number of hydrogen-bond donors (Lipinski definition) is 1. The average molecular weight is 337 g/mol. The second kappa shape index (κ2) is 6.14. The number of fused-ring (bicyclic) bond motifs is 1. The van der Waals surface area contributed by atoms with Gasteiger partial charge in [-0.1, -0.05) is 0 Å². The van der Waals surface area contributed by atoms with Gasteiger partial charge in [0.25, 0.3) is 12.3 Å². The lowest BCUT2D eigenvalue weighted by molar-refractivity contribution is -0.124.